The summed E-state index contributed by atoms with van der Waals surface area (Å²) in [4.78, 5) is 0.0700. The molecule has 0 saturated heterocycles. The van der Waals surface area contributed by atoms with E-state index in [9.17, 15) is 8.42 Å². The lowest BCUT2D eigenvalue weighted by Gasteiger charge is -2.08. The van der Waals surface area contributed by atoms with Gasteiger partial charge in [-0.2, -0.15) is 0 Å². The number of hydrogen-bond acceptors (Lipinski definition) is 6. The summed E-state index contributed by atoms with van der Waals surface area (Å²) in [5.74, 6) is 0.495. The molecule has 2 rings (SSSR count). The Morgan fingerprint density at radius 2 is 1.96 bits per heavy atom. The zero-order chi connectivity index (χ0) is 17.4. The maximum Gasteiger partial charge on any atom is 0.263 e. The number of hydrogen-bond donors (Lipinski definition) is 2. The molecule has 24 heavy (non-hydrogen) atoms. The molecule has 0 aliphatic rings. The summed E-state index contributed by atoms with van der Waals surface area (Å²) in [7, 11) is -3.75. The van der Waals surface area contributed by atoms with E-state index in [0.717, 1.165) is 12.8 Å². The number of nitrogens with one attached hydrogen (secondary N) is 1. The standard InChI is InChI=1S/C16H22N4O3S/c1-2-3-4-5-11-23-16-10-9-15(18-19-16)20-24(21,22)14-8-6-7-13(17)12-14/h6-10,12H,2-5,11,17H2,1H3,(H,18,20). The SMILES string of the molecule is CCCCCCOc1ccc(NS(=O)(=O)c2cccc(N)c2)nn1. The van der Waals surface area contributed by atoms with E-state index in [2.05, 4.69) is 21.8 Å². The van der Waals surface area contributed by atoms with Gasteiger partial charge in [0.2, 0.25) is 5.88 Å². The van der Waals surface area contributed by atoms with Gasteiger partial charge in [0, 0.05) is 11.8 Å². The van der Waals surface area contributed by atoms with Crippen LogP contribution >= 0.6 is 0 Å². The molecule has 1 aromatic heterocycles. The number of ether oxygens (including phenoxy) is 1. The van der Waals surface area contributed by atoms with E-state index >= 15 is 0 Å². The molecule has 8 heteroatoms. The number of nitrogens with zero attached hydrogens (tertiary/aromatic N) is 2. The lowest BCUT2D eigenvalue weighted by atomic mass is 10.2. The largest absolute Gasteiger partial charge is 0.477 e. The van der Waals surface area contributed by atoms with Crippen molar-refractivity contribution in [3.8, 4) is 5.88 Å². The topological polar surface area (TPSA) is 107 Å². The van der Waals surface area contributed by atoms with E-state index in [1.165, 1.54) is 31.0 Å². The Bertz CT molecular complexity index is 748. The summed E-state index contributed by atoms with van der Waals surface area (Å²) in [6.07, 6.45) is 4.42. The van der Waals surface area contributed by atoms with Crippen LogP contribution in [0.25, 0.3) is 0 Å². The van der Waals surface area contributed by atoms with Gasteiger partial charge < -0.3 is 10.5 Å². The van der Waals surface area contributed by atoms with Gasteiger partial charge in [-0.15, -0.1) is 10.2 Å². The molecule has 0 fully saturated rings. The number of sulfonamides is 1. The second-order valence-electron chi connectivity index (χ2n) is 5.34. The van der Waals surface area contributed by atoms with Gasteiger partial charge >= 0.3 is 0 Å². The fourth-order valence-corrected chi connectivity index (χ4v) is 3.09. The summed E-state index contributed by atoms with van der Waals surface area (Å²) in [6.45, 7) is 2.72. The minimum absolute atomic E-state index is 0.0700. The number of rotatable bonds is 9. The van der Waals surface area contributed by atoms with Gasteiger partial charge in [0.25, 0.3) is 10.0 Å². The van der Waals surface area contributed by atoms with E-state index in [1.807, 2.05) is 0 Å². The minimum atomic E-state index is -3.75. The second-order valence-corrected chi connectivity index (χ2v) is 7.03. The van der Waals surface area contributed by atoms with E-state index < -0.39 is 10.0 Å². The van der Waals surface area contributed by atoms with Gasteiger partial charge in [-0.1, -0.05) is 32.3 Å². The number of nitrogens with two attached hydrogens (primary N) is 1. The van der Waals surface area contributed by atoms with Crippen LogP contribution in [0.1, 0.15) is 32.6 Å². The molecule has 0 amide bonds. The zero-order valence-corrected chi connectivity index (χ0v) is 14.4. The minimum Gasteiger partial charge on any atom is -0.477 e. The van der Waals surface area contributed by atoms with E-state index in [1.54, 1.807) is 18.2 Å². The molecule has 7 nitrogen and oxygen atoms in total. The molecule has 1 aromatic carbocycles. The maximum absolute atomic E-state index is 12.2. The molecule has 0 aliphatic carbocycles. The third-order valence-electron chi connectivity index (χ3n) is 3.30. The third-order valence-corrected chi connectivity index (χ3v) is 4.65. The third kappa shape index (κ3) is 5.38. The summed E-state index contributed by atoms with van der Waals surface area (Å²) in [5, 5.41) is 7.70. The first kappa shape index (κ1) is 18.0. The Balaban J connectivity index is 1.93. The Kier molecular flexibility index (Phi) is 6.36. The van der Waals surface area contributed by atoms with Crippen LogP contribution in [-0.2, 0) is 10.0 Å². The van der Waals surface area contributed by atoms with Crippen molar-refractivity contribution in [1.29, 1.82) is 0 Å². The fourth-order valence-electron chi connectivity index (χ4n) is 2.04. The Labute approximate surface area is 142 Å². The zero-order valence-electron chi connectivity index (χ0n) is 13.6. The summed E-state index contributed by atoms with van der Waals surface area (Å²) < 4.78 is 32.3. The quantitative estimate of drug-likeness (QED) is 0.532. The van der Waals surface area contributed by atoms with Gasteiger partial charge in [-0.3, -0.25) is 4.72 Å². The van der Waals surface area contributed by atoms with Gasteiger partial charge in [-0.05, 0) is 30.7 Å². The molecule has 0 spiro atoms. The van der Waals surface area contributed by atoms with Gasteiger partial charge in [0.1, 0.15) is 0 Å². The van der Waals surface area contributed by atoms with Gasteiger partial charge in [0.15, 0.2) is 5.82 Å². The van der Waals surface area contributed by atoms with Crippen molar-refractivity contribution in [2.45, 2.75) is 37.5 Å². The first-order chi connectivity index (χ1) is 11.5. The van der Waals surface area contributed by atoms with Crippen molar-refractivity contribution >= 4 is 21.5 Å². The smallest absolute Gasteiger partial charge is 0.263 e. The molecule has 0 unspecified atom stereocenters. The number of anilines is 2. The van der Waals surface area contributed by atoms with Crippen molar-refractivity contribution in [3.05, 3.63) is 36.4 Å². The van der Waals surface area contributed by atoms with Crippen molar-refractivity contribution in [3.63, 3.8) is 0 Å². The average Bonchev–Trinajstić information content (AvgIpc) is 2.56. The van der Waals surface area contributed by atoms with Crippen LogP contribution in [0.2, 0.25) is 0 Å². The van der Waals surface area contributed by atoms with Crippen LogP contribution in [0.5, 0.6) is 5.88 Å². The van der Waals surface area contributed by atoms with Crippen LogP contribution in [0.3, 0.4) is 0 Å². The predicted molar refractivity (Wildman–Crippen MR) is 93.3 cm³/mol. The molecule has 0 atom stereocenters. The molecule has 1 heterocycles. The fraction of sp³-hybridized carbons (Fsp3) is 0.375. The molecule has 130 valence electrons. The lowest BCUT2D eigenvalue weighted by Crippen LogP contribution is -2.14. The first-order valence-electron chi connectivity index (χ1n) is 7.86. The monoisotopic (exact) mass is 350 g/mol. The maximum atomic E-state index is 12.2. The Morgan fingerprint density at radius 1 is 1.12 bits per heavy atom. The lowest BCUT2D eigenvalue weighted by molar-refractivity contribution is 0.290. The second kappa shape index (κ2) is 8.49. The summed E-state index contributed by atoms with van der Waals surface area (Å²) >= 11 is 0. The van der Waals surface area contributed by atoms with Crippen LogP contribution in [0.15, 0.2) is 41.3 Å². The summed E-state index contributed by atoms with van der Waals surface area (Å²) in [5.41, 5.74) is 5.98. The van der Waals surface area contributed by atoms with Crippen LogP contribution in [0.4, 0.5) is 11.5 Å². The van der Waals surface area contributed by atoms with Crippen LogP contribution < -0.4 is 15.2 Å². The molecular weight excluding hydrogens is 328 g/mol. The molecular formula is C16H22N4O3S. The van der Waals surface area contributed by atoms with Crippen LogP contribution in [-0.4, -0.2) is 25.2 Å². The molecule has 0 radical (unpaired) electrons. The highest BCUT2D eigenvalue weighted by atomic mass is 32.2. The van der Waals surface area contributed by atoms with E-state index in [4.69, 9.17) is 10.5 Å². The average molecular weight is 350 g/mol. The first-order valence-corrected chi connectivity index (χ1v) is 9.34. The van der Waals surface area contributed by atoms with E-state index in [-0.39, 0.29) is 10.7 Å². The highest BCUT2D eigenvalue weighted by molar-refractivity contribution is 7.92. The normalized spacial score (nSPS) is 11.2. The van der Waals surface area contributed by atoms with Crippen molar-refractivity contribution in [1.82, 2.24) is 10.2 Å². The van der Waals surface area contributed by atoms with Crippen LogP contribution in [0, 0.1) is 0 Å². The number of nitrogen functional groups attached to an aromatic ring is 1. The number of benzene rings is 1. The summed E-state index contributed by atoms with van der Waals surface area (Å²) in [6, 6.07) is 9.13. The van der Waals surface area contributed by atoms with Crippen molar-refractivity contribution in [2.75, 3.05) is 17.1 Å². The molecule has 2 aromatic rings. The molecule has 3 N–H and O–H groups in total. The molecule has 0 aliphatic heterocycles. The molecule has 0 bridgehead atoms. The van der Waals surface area contributed by atoms with Gasteiger partial charge in [0.05, 0.1) is 11.5 Å². The highest BCUT2D eigenvalue weighted by Gasteiger charge is 2.15. The Morgan fingerprint density at radius 3 is 2.62 bits per heavy atom. The Hall–Kier alpha value is -2.35. The predicted octanol–water partition coefficient (Wildman–Crippen LogP) is 2.82. The highest BCUT2D eigenvalue weighted by Crippen LogP contribution is 2.17. The number of unbranched alkanes of at least 4 members (excludes halogenated alkanes) is 3. The van der Waals surface area contributed by atoms with Gasteiger partial charge in [-0.25, -0.2) is 8.42 Å². The van der Waals surface area contributed by atoms with E-state index in [0.29, 0.717) is 18.2 Å². The molecule has 0 saturated carbocycles. The van der Waals surface area contributed by atoms with Crippen molar-refractivity contribution < 1.29 is 13.2 Å². The number of aromatic nitrogens is 2. The van der Waals surface area contributed by atoms with Crippen molar-refractivity contribution in [2.24, 2.45) is 0 Å².